The largest absolute Gasteiger partial charge is 0.496 e. The lowest BCUT2D eigenvalue weighted by molar-refractivity contribution is -0.136. The normalized spacial score (nSPS) is 21.8. The van der Waals surface area contributed by atoms with E-state index >= 15 is 0 Å². The molecule has 0 radical (unpaired) electrons. The summed E-state index contributed by atoms with van der Waals surface area (Å²) < 4.78 is 5.42. The second-order valence-electron chi connectivity index (χ2n) is 6.10. The van der Waals surface area contributed by atoms with Crippen LogP contribution < -0.4 is 10.1 Å². The van der Waals surface area contributed by atoms with Crippen LogP contribution in [0.4, 0.5) is 0 Å². The highest BCUT2D eigenvalue weighted by Crippen LogP contribution is 2.20. The summed E-state index contributed by atoms with van der Waals surface area (Å²) in [6.07, 6.45) is 0.986. The molecular formula is C17H26ClN3O2. The van der Waals surface area contributed by atoms with E-state index in [1.807, 2.05) is 23.1 Å². The Kier molecular flexibility index (Phi) is 6.69. The summed E-state index contributed by atoms with van der Waals surface area (Å²) in [7, 11) is 1.71. The monoisotopic (exact) mass is 339 g/mol. The SMILES string of the molecule is COc1ccccc1CN1CCN(C(=O)C2CCNC2)CC1.Cl. The van der Waals surface area contributed by atoms with E-state index in [0.717, 1.165) is 58.0 Å². The second kappa shape index (κ2) is 8.52. The van der Waals surface area contributed by atoms with Gasteiger partial charge in [-0.15, -0.1) is 12.4 Å². The van der Waals surface area contributed by atoms with Gasteiger partial charge in [0.2, 0.25) is 5.91 Å². The molecule has 1 aromatic carbocycles. The summed E-state index contributed by atoms with van der Waals surface area (Å²) in [5, 5.41) is 3.27. The Morgan fingerprint density at radius 3 is 2.65 bits per heavy atom. The summed E-state index contributed by atoms with van der Waals surface area (Å²) >= 11 is 0. The third-order valence-electron chi connectivity index (χ3n) is 4.68. The zero-order valence-electron chi connectivity index (χ0n) is 13.7. The van der Waals surface area contributed by atoms with E-state index in [4.69, 9.17) is 4.74 Å². The van der Waals surface area contributed by atoms with Gasteiger partial charge < -0.3 is 15.0 Å². The first-order chi connectivity index (χ1) is 10.8. The van der Waals surface area contributed by atoms with Gasteiger partial charge in [-0.25, -0.2) is 0 Å². The molecule has 0 spiro atoms. The van der Waals surface area contributed by atoms with Gasteiger partial charge >= 0.3 is 0 Å². The molecule has 2 aliphatic heterocycles. The number of nitrogens with zero attached hydrogens (tertiary/aromatic N) is 2. The van der Waals surface area contributed by atoms with Crippen LogP contribution in [0.15, 0.2) is 24.3 Å². The Bertz CT molecular complexity index is 512. The lowest BCUT2D eigenvalue weighted by Crippen LogP contribution is -2.50. The van der Waals surface area contributed by atoms with Crippen molar-refractivity contribution >= 4 is 18.3 Å². The van der Waals surface area contributed by atoms with Crippen LogP contribution in [0, 0.1) is 5.92 Å². The topological polar surface area (TPSA) is 44.8 Å². The van der Waals surface area contributed by atoms with Crippen molar-refractivity contribution < 1.29 is 9.53 Å². The van der Waals surface area contributed by atoms with Crippen LogP contribution in [-0.2, 0) is 11.3 Å². The van der Waals surface area contributed by atoms with Crippen molar-refractivity contribution in [1.82, 2.24) is 15.1 Å². The van der Waals surface area contributed by atoms with E-state index in [2.05, 4.69) is 16.3 Å². The molecule has 0 bridgehead atoms. The minimum Gasteiger partial charge on any atom is -0.496 e. The molecule has 0 aliphatic carbocycles. The zero-order chi connectivity index (χ0) is 15.4. The van der Waals surface area contributed by atoms with Gasteiger partial charge in [0, 0.05) is 44.8 Å². The molecule has 2 fully saturated rings. The molecule has 5 nitrogen and oxygen atoms in total. The van der Waals surface area contributed by atoms with Crippen LogP contribution in [0.2, 0.25) is 0 Å². The first kappa shape index (κ1) is 18.0. The van der Waals surface area contributed by atoms with Gasteiger partial charge in [0.25, 0.3) is 0 Å². The number of rotatable bonds is 4. The van der Waals surface area contributed by atoms with E-state index < -0.39 is 0 Å². The molecule has 128 valence electrons. The number of piperazine rings is 1. The summed E-state index contributed by atoms with van der Waals surface area (Å²) in [6, 6.07) is 8.15. The van der Waals surface area contributed by atoms with Crippen molar-refractivity contribution in [2.75, 3.05) is 46.4 Å². The number of ether oxygens (including phenoxy) is 1. The first-order valence-corrected chi connectivity index (χ1v) is 8.11. The van der Waals surface area contributed by atoms with Crippen molar-refractivity contribution in [3.05, 3.63) is 29.8 Å². The molecule has 1 aromatic rings. The maximum atomic E-state index is 12.4. The molecular weight excluding hydrogens is 314 g/mol. The Labute approximate surface area is 144 Å². The van der Waals surface area contributed by atoms with Crippen molar-refractivity contribution in [2.45, 2.75) is 13.0 Å². The van der Waals surface area contributed by atoms with Crippen LogP contribution in [0.5, 0.6) is 5.75 Å². The fraction of sp³-hybridized carbons (Fsp3) is 0.588. The van der Waals surface area contributed by atoms with Crippen molar-refractivity contribution in [3.63, 3.8) is 0 Å². The number of hydrogen-bond acceptors (Lipinski definition) is 4. The number of carbonyl (C=O) groups excluding carboxylic acids is 1. The van der Waals surface area contributed by atoms with E-state index in [1.54, 1.807) is 7.11 Å². The Morgan fingerprint density at radius 2 is 2.00 bits per heavy atom. The molecule has 1 unspecified atom stereocenters. The summed E-state index contributed by atoms with van der Waals surface area (Å²) in [5.74, 6) is 1.47. The number of benzene rings is 1. The molecule has 1 amide bonds. The van der Waals surface area contributed by atoms with E-state index in [9.17, 15) is 4.79 Å². The fourth-order valence-corrected chi connectivity index (χ4v) is 3.32. The van der Waals surface area contributed by atoms with Gasteiger partial charge in [0.15, 0.2) is 0 Å². The number of hydrogen-bond donors (Lipinski definition) is 1. The summed E-state index contributed by atoms with van der Waals surface area (Å²) in [4.78, 5) is 16.8. The minimum atomic E-state index is 0. The molecule has 6 heteroatoms. The van der Waals surface area contributed by atoms with Gasteiger partial charge in [-0.05, 0) is 19.0 Å². The number of halogens is 1. The van der Waals surface area contributed by atoms with Crippen molar-refractivity contribution in [2.24, 2.45) is 5.92 Å². The maximum Gasteiger partial charge on any atom is 0.227 e. The zero-order valence-corrected chi connectivity index (χ0v) is 14.5. The number of carbonyl (C=O) groups is 1. The summed E-state index contributed by atoms with van der Waals surface area (Å²) in [5.41, 5.74) is 1.21. The average molecular weight is 340 g/mol. The molecule has 0 aromatic heterocycles. The van der Waals surface area contributed by atoms with Crippen molar-refractivity contribution in [1.29, 1.82) is 0 Å². The summed E-state index contributed by atoms with van der Waals surface area (Å²) in [6.45, 7) is 6.25. The quantitative estimate of drug-likeness (QED) is 0.900. The van der Waals surface area contributed by atoms with Crippen LogP contribution in [0.1, 0.15) is 12.0 Å². The lowest BCUT2D eigenvalue weighted by atomic mass is 10.1. The van der Waals surface area contributed by atoms with Gasteiger partial charge in [-0.3, -0.25) is 9.69 Å². The van der Waals surface area contributed by atoms with Gasteiger partial charge in [0.1, 0.15) is 5.75 Å². The number of nitrogens with one attached hydrogen (secondary N) is 1. The standard InChI is InChI=1S/C17H25N3O2.ClH/c1-22-16-5-3-2-4-15(16)13-19-8-10-20(11-9-19)17(21)14-6-7-18-12-14;/h2-5,14,18H,6-13H2,1H3;1H. The van der Waals surface area contributed by atoms with Gasteiger partial charge in [0.05, 0.1) is 13.0 Å². The third kappa shape index (κ3) is 4.37. The van der Waals surface area contributed by atoms with E-state index in [1.165, 1.54) is 5.56 Å². The number of amides is 1. The molecule has 3 rings (SSSR count). The van der Waals surface area contributed by atoms with Crippen LogP contribution in [0.3, 0.4) is 0 Å². The molecule has 1 atom stereocenters. The highest BCUT2D eigenvalue weighted by molar-refractivity contribution is 5.85. The lowest BCUT2D eigenvalue weighted by Gasteiger charge is -2.36. The van der Waals surface area contributed by atoms with Gasteiger partial charge in [-0.2, -0.15) is 0 Å². The molecule has 2 heterocycles. The molecule has 0 saturated carbocycles. The van der Waals surface area contributed by atoms with E-state index in [-0.39, 0.29) is 18.3 Å². The predicted octanol–water partition coefficient (Wildman–Crippen LogP) is 1.37. The Hall–Kier alpha value is -1.30. The highest BCUT2D eigenvalue weighted by Gasteiger charge is 2.29. The first-order valence-electron chi connectivity index (χ1n) is 8.11. The van der Waals surface area contributed by atoms with Crippen LogP contribution in [0.25, 0.3) is 0 Å². The Balaban J connectivity index is 0.00000192. The average Bonchev–Trinajstić information content (AvgIpc) is 3.10. The molecule has 2 saturated heterocycles. The van der Waals surface area contributed by atoms with Gasteiger partial charge in [-0.1, -0.05) is 18.2 Å². The van der Waals surface area contributed by atoms with Crippen LogP contribution in [-0.4, -0.2) is 62.1 Å². The Morgan fingerprint density at radius 1 is 1.26 bits per heavy atom. The second-order valence-corrected chi connectivity index (χ2v) is 6.10. The number of methoxy groups -OCH3 is 1. The molecule has 1 N–H and O–H groups in total. The van der Waals surface area contributed by atoms with Crippen LogP contribution >= 0.6 is 12.4 Å². The number of para-hydroxylation sites is 1. The fourth-order valence-electron chi connectivity index (χ4n) is 3.32. The molecule has 23 heavy (non-hydrogen) atoms. The maximum absolute atomic E-state index is 12.4. The van der Waals surface area contributed by atoms with E-state index in [0.29, 0.717) is 5.91 Å². The van der Waals surface area contributed by atoms with Crippen molar-refractivity contribution in [3.8, 4) is 5.75 Å². The smallest absolute Gasteiger partial charge is 0.227 e. The highest BCUT2D eigenvalue weighted by atomic mass is 35.5. The molecule has 2 aliphatic rings. The minimum absolute atomic E-state index is 0. The third-order valence-corrected chi connectivity index (χ3v) is 4.68. The predicted molar refractivity (Wildman–Crippen MR) is 93.1 cm³/mol.